The quantitative estimate of drug-likeness (QED) is 0.531. The SMILES string of the molecule is BCCCC(CC)C1CC1C. The lowest BCUT2D eigenvalue weighted by Crippen LogP contribution is -2.02. The Morgan fingerprint density at radius 2 is 2.18 bits per heavy atom. The Balaban J connectivity index is 2.15. The van der Waals surface area contributed by atoms with E-state index in [0.717, 1.165) is 17.8 Å². The maximum atomic E-state index is 2.40. The van der Waals surface area contributed by atoms with Gasteiger partial charge in [0, 0.05) is 0 Å². The molecule has 0 nitrogen and oxygen atoms in total. The molecule has 0 amide bonds. The van der Waals surface area contributed by atoms with Gasteiger partial charge in [0.2, 0.25) is 0 Å². The van der Waals surface area contributed by atoms with Crippen molar-refractivity contribution in [2.24, 2.45) is 17.8 Å². The topological polar surface area (TPSA) is 0 Å². The maximum absolute atomic E-state index is 2.40. The predicted molar refractivity (Wildman–Crippen MR) is 53.6 cm³/mol. The van der Waals surface area contributed by atoms with Crippen molar-refractivity contribution in [3.8, 4) is 0 Å². The van der Waals surface area contributed by atoms with Gasteiger partial charge in [-0.25, -0.2) is 0 Å². The van der Waals surface area contributed by atoms with Gasteiger partial charge < -0.3 is 0 Å². The van der Waals surface area contributed by atoms with Crippen LogP contribution in [0.2, 0.25) is 6.32 Å². The van der Waals surface area contributed by atoms with Crippen LogP contribution >= 0.6 is 0 Å². The third kappa shape index (κ3) is 2.54. The summed E-state index contributed by atoms with van der Waals surface area (Å²) < 4.78 is 0. The fraction of sp³-hybridized carbons (Fsp3) is 1.00. The normalized spacial score (nSPS) is 31.8. The van der Waals surface area contributed by atoms with Crippen LogP contribution in [0.4, 0.5) is 0 Å². The Hall–Kier alpha value is 0.0649. The lowest BCUT2D eigenvalue weighted by atomic mass is 9.89. The largest absolute Gasteiger partial charge is 0.101 e. The van der Waals surface area contributed by atoms with E-state index in [-0.39, 0.29) is 0 Å². The van der Waals surface area contributed by atoms with Crippen LogP contribution in [-0.4, -0.2) is 7.85 Å². The molecule has 0 N–H and O–H groups in total. The molecular weight excluding hydrogens is 131 g/mol. The molecule has 0 bridgehead atoms. The van der Waals surface area contributed by atoms with E-state index in [1.54, 1.807) is 0 Å². The van der Waals surface area contributed by atoms with Crippen molar-refractivity contribution in [1.82, 2.24) is 0 Å². The van der Waals surface area contributed by atoms with Gasteiger partial charge in [-0.05, 0) is 24.2 Å². The molecule has 0 aromatic heterocycles. The first-order valence-corrected chi connectivity index (χ1v) is 5.29. The lowest BCUT2D eigenvalue weighted by Gasteiger charge is -2.12. The minimum atomic E-state index is 1.05. The Bertz CT molecular complexity index is 111. The van der Waals surface area contributed by atoms with Gasteiger partial charge in [0.1, 0.15) is 7.85 Å². The number of hydrogen-bond acceptors (Lipinski definition) is 0. The summed E-state index contributed by atoms with van der Waals surface area (Å²) in [6, 6.07) is 0. The van der Waals surface area contributed by atoms with Gasteiger partial charge in [-0.15, -0.1) is 0 Å². The van der Waals surface area contributed by atoms with Crippen LogP contribution < -0.4 is 0 Å². The molecule has 0 radical (unpaired) electrons. The summed E-state index contributed by atoms with van der Waals surface area (Å²) in [5.41, 5.74) is 0. The summed E-state index contributed by atoms with van der Waals surface area (Å²) in [6.07, 6.45) is 7.23. The first-order chi connectivity index (χ1) is 5.29. The minimum absolute atomic E-state index is 1.05. The molecule has 0 spiro atoms. The smallest absolute Gasteiger partial charge is 0.0810 e. The molecule has 0 aromatic carbocycles. The Labute approximate surface area is 72.2 Å². The first-order valence-electron chi connectivity index (χ1n) is 5.29. The summed E-state index contributed by atoms with van der Waals surface area (Å²) in [5, 5.41) is 0. The van der Waals surface area contributed by atoms with Crippen LogP contribution in [0.5, 0.6) is 0 Å². The number of rotatable bonds is 5. The molecule has 11 heavy (non-hydrogen) atoms. The predicted octanol–water partition coefficient (Wildman–Crippen LogP) is 2.50. The molecule has 0 aromatic rings. The fourth-order valence-electron chi connectivity index (χ4n) is 2.20. The van der Waals surface area contributed by atoms with E-state index in [1.807, 2.05) is 0 Å². The summed E-state index contributed by atoms with van der Waals surface area (Å²) in [5.74, 6) is 3.22. The second-order valence-corrected chi connectivity index (χ2v) is 4.19. The molecule has 0 saturated heterocycles. The molecule has 1 fully saturated rings. The van der Waals surface area contributed by atoms with E-state index in [1.165, 1.54) is 32.0 Å². The molecule has 3 unspecified atom stereocenters. The monoisotopic (exact) mass is 152 g/mol. The highest BCUT2D eigenvalue weighted by Crippen LogP contribution is 2.46. The van der Waals surface area contributed by atoms with Crippen molar-refractivity contribution in [1.29, 1.82) is 0 Å². The zero-order valence-electron chi connectivity index (χ0n) is 8.27. The van der Waals surface area contributed by atoms with Gasteiger partial charge in [-0.1, -0.05) is 39.4 Å². The maximum Gasteiger partial charge on any atom is 0.101 e. The van der Waals surface area contributed by atoms with Crippen LogP contribution in [0.15, 0.2) is 0 Å². The van der Waals surface area contributed by atoms with Gasteiger partial charge in [0.25, 0.3) is 0 Å². The molecule has 64 valence electrons. The van der Waals surface area contributed by atoms with E-state index < -0.39 is 0 Å². The van der Waals surface area contributed by atoms with E-state index >= 15 is 0 Å². The average Bonchev–Trinajstić information content (AvgIpc) is 2.69. The molecule has 1 aliphatic carbocycles. The van der Waals surface area contributed by atoms with Crippen molar-refractivity contribution in [2.45, 2.75) is 45.9 Å². The van der Waals surface area contributed by atoms with Crippen LogP contribution in [-0.2, 0) is 0 Å². The average molecular weight is 152 g/mol. The van der Waals surface area contributed by atoms with E-state index in [9.17, 15) is 0 Å². The highest BCUT2D eigenvalue weighted by molar-refractivity contribution is 6.08. The lowest BCUT2D eigenvalue weighted by molar-refractivity contribution is 0.394. The van der Waals surface area contributed by atoms with Crippen molar-refractivity contribution in [2.75, 3.05) is 0 Å². The summed E-state index contributed by atoms with van der Waals surface area (Å²) in [7, 11) is 2.29. The fourth-order valence-corrected chi connectivity index (χ4v) is 2.20. The molecule has 1 aliphatic rings. The van der Waals surface area contributed by atoms with Crippen LogP contribution in [0.1, 0.15) is 39.5 Å². The highest BCUT2D eigenvalue weighted by atomic mass is 14.4. The Kier molecular flexibility index (Phi) is 3.48. The zero-order valence-corrected chi connectivity index (χ0v) is 8.27. The minimum Gasteiger partial charge on any atom is -0.0810 e. The summed E-state index contributed by atoms with van der Waals surface area (Å²) >= 11 is 0. The van der Waals surface area contributed by atoms with Crippen molar-refractivity contribution in [3.63, 3.8) is 0 Å². The van der Waals surface area contributed by atoms with Crippen LogP contribution in [0.3, 0.4) is 0 Å². The van der Waals surface area contributed by atoms with Crippen LogP contribution in [0.25, 0.3) is 0 Å². The zero-order chi connectivity index (χ0) is 8.27. The Morgan fingerprint density at radius 1 is 1.55 bits per heavy atom. The molecule has 0 heterocycles. The molecule has 1 rings (SSSR count). The summed E-state index contributed by atoms with van der Waals surface area (Å²) in [4.78, 5) is 0. The second-order valence-electron chi connectivity index (χ2n) is 4.19. The van der Waals surface area contributed by atoms with Gasteiger partial charge >= 0.3 is 0 Å². The second kappa shape index (κ2) is 4.18. The third-order valence-electron chi connectivity index (χ3n) is 3.23. The van der Waals surface area contributed by atoms with Crippen molar-refractivity contribution >= 4 is 7.85 Å². The van der Waals surface area contributed by atoms with Crippen molar-refractivity contribution < 1.29 is 0 Å². The molecular formula is C10H21B. The highest BCUT2D eigenvalue weighted by Gasteiger charge is 2.37. The first kappa shape index (κ1) is 9.16. The van der Waals surface area contributed by atoms with Gasteiger partial charge in [0.15, 0.2) is 0 Å². The van der Waals surface area contributed by atoms with E-state index in [2.05, 4.69) is 21.7 Å². The van der Waals surface area contributed by atoms with E-state index in [4.69, 9.17) is 0 Å². The van der Waals surface area contributed by atoms with E-state index in [0.29, 0.717) is 0 Å². The van der Waals surface area contributed by atoms with Gasteiger partial charge in [0.05, 0.1) is 0 Å². The molecule has 1 saturated carbocycles. The standard InChI is InChI=1S/C10H21B/c1-3-9(5-4-6-11)10-7-8(10)2/h8-10H,3-7,11H2,1-2H3. The molecule has 0 aliphatic heterocycles. The molecule has 1 heteroatoms. The molecule has 3 atom stereocenters. The van der Waals surface area contributed by atoms with Crippen molar-refractivity contribution in [3.05, 3.63) is 0 Å². The van der Waals surface area contributed by atoms with Crippen LogP contribution in [0, 0.1) is 17.8 Å². The third-order valence-corrected chi connectivity index (χ3v) is 3.23. The Morgan fingerprint density at radius 3 is 2.55 bits per heavy atom. The van der Waals surface area contributed by atoms with Gasteiger partial charge in [-0.3, -0.25) is 0 Å². The van der Waals surface area contributed by atoms with Gasteiger partial charge in [-0.2, -0.15) is 0 Å². The number of hydrogen-bond donors (Lipinski definition) is 0. The summed E-state index contributed by atoms with van der Waals surface area (Å²) in [6.45, 7) is 4.75.